The molecule has 0 aromatic carbocycles. The van der Waals surface area contributed by atoms with Gasteiger partial charge in [-0.3, -0.25) is 4.79 Å². The first-order valence-corrected chi connectivity index (χ1v) is 16.1. The molecule has 0 amide bonds. The predicted molar refractivity (Wildman–Crippen MR) is 119 cm³/mol. The second-order valence-electron chi connectivity index (χ2n) is 11.0. The lowest BCUT2D eigenvalue weighted by molar-refractivity contribution is -0.120. The van der Waals surface area contributed by atoms with Gasteiger partial charge in [-0.1, -0.05) is 41.5 Å². The lowest BCUT2D eigenvalue weighted by Gasteiger charge is -2.38. The molecule has 0 heterocycles. The van der Waals surface area contributed by atoms with Gasteiger partial charge in [0.1, 0.15) is 5.78 Å². The zero-order chi connectivity index (χ0) is 21.0. The van der Waals surface area contributed by atoms with Crippen molar-refractivity contribution < 1.29 is 13.6 Å². The summed E-state index contributed by atoms with van der Waals surface area (Å²) in [6.07, 6.45) is 3.18. The van der Waals surface area contributed by atoms with Crippen LogP contribution in [0.15, 0.2) is 0 Å². The third kappa shape index (κ3) is 8.81. The Morgan fingerprint density at radius 2 is 1.00 bits per heavy atom. The van der Waals surface area contributed by atoms with Crippen LogP contribution in [0.5, 0.6) is 0 Å². The molecule has 0 N–H and O–H groups in total. The molecule has 5 heteroatoms. The van der Waals surface area contributed by atoms with E-state index < -0.39 is 16.6 Å². The molecule has 3 nitrogen and oxygen atoms in total. The number of hydrogen-bond donors (Lipinski definition) is 0. The molecule has 0 unspecified atom stereocenters. The van der Waals surface area contributed by atoms with Gasteiger partial charge in [-0.15, -0.1) is 0 Å². The van der Waals surface area contributed by atoms with Gasteiger partial charge < -0.3 is 8.85 Å². The quantitative estimate of drug-likeness (QED) is 0.371. The highest BCUT2D eigenvalue weighted by Crippen LogP contribution is 2.38. The van der Waals surface area contributed by atoms with Gasteiger partial charge in [-0.25, -0.2) is 0 Å². The average molecular weight is 403 g/mol. The van der Waals surface area contributed by atoms with E-state index in [4.69, 9.17) is 8.85 Å². The van der Waals surface area contributed by atoms with Crippen LogP contribution in [0.4, 0.5) is 0 Å². The van der Waals surface area contributed by atoms with Gasteiger partial charge >= 0.3 is 0 Å². The smallest absolute Gasteiger partial charge is 0.192 e. The van der Waals surface area contributed by atoms with Crippen LogP contribution in [-0.4, -0.2) is 34.6 Å². The molecule has 0 bridgehead atoms. The maximum Gasteiger partial charge on any atom is 0.192 e. The van der Waals surface area contributed by atoms with Crippen LogP contribution >= 0.6 is 0 Å². The minimum atomic E-state index is -1.75. The first kappa shape index (κ1) is 26.0. The van der Waals surface area contributed by atoms with E-state index in [2.05, 4.69) is 81.6 Å². The molecule has 0 saturated carbocycles. The molecule has 0 saturated heterocycles. The molecule has 0 aliphatic heterocycles. The van der Waals surface area contributed by atoms with Crippen LogP contribution in [0.1, 0.15) is 81.1 Å². The summed E-state index contributed by atoms with van der Waals surface area (Å²) >= 11 is 0. The molecule has 0 rings (SSSR count). The second kappa shape index (κ2) is 9.48. The average Bonchev–Trinajstić information content (AvgIpc) is 2.39. The normalized spacial score (nSPS) is 16.5. The Morgan fingerprint density at radius 3 is 1.23 bits per heavy atom. The maximum absolute atomic E-state index is 12.3. The highest BCUT2D eigenvalue weighted by molar-refractivity contribution is 6.74. The van der Waals surface area contributed by atoms with Crippen LogP contribution in [-0.2, 0) is 13.6 Å². The van der Waals surface area contributed by atoms with Gasteiger partial charge in [0.2, 0.25) is 0 Å². The van der Waals surface area contributed by atoms with Crippen LogP contribution in [0.25, 0.3) is 0 Å². The summed E-state index contributed by atoms with van der Waals surface area (Å²) in [5.41, 5.74) is 0. The molecule has 2 atom stereocenters. The first-order chi connectivity index (χ1) is 11.4. The van der Waals surface area contributed by atoms with Crippen molar-refractivity contribution in [3.8, 4) is 0 Å². The fourth-order valence-electron chi connectivity index (χ4n) is 2.33. The standard InChI is InChI=1S/C21H46O3Si2/c1-17(23-25(9,10)20(3,4)5)13-15-19(22)16-14-18(2)24-26(11,12)21(6,7)8/h17-18H,13-16H2,1-12H3/t17-,18-/m0/s1. The Bertz CT molecular complexity index is 405. The van der Waals surface area contributed by atoms with E-state index in [0.29, 0.717) is 18.6 Å². The monoisotopic (exact) mass is 402 g/mol. The largest absolute Gasteiger partial charge is 0.414 e. The van der Waals surface area contributed by atoms with Gasteiger partial charge in [0.25, 0.3) is 0 Å². The van der Waals surface area contributed by atoms with E-state index in [9.17, 15) is 4.79 Å². The topological polar surface area (TPSA) is 35.5 Å². The minimum absolute atomic E-state index is 0.153. The molecule has 156 valence electrons. The Balaban J connectivity index is 4.29. The van der Waals surface area contributed by atoms with Crippen molar-refractivity contribution in [2.24, 2.45) is 0 Å². The lowest BCUT2D eigenvalue weighted by atomic mass is 10.1. The molecular weight excluding hydrogens is 356 g/mol. The van der Waals surface area contributed by atoms with Gasteiger partial charge in [0.05, 0.1) is 0 Å². The van der Waals surface area contributed by atoms with Gasteiger partial charge in [-0.05, 0) is 63.0 Å². The van der Waals surface area contributed by atoms with Crippen LogP contribution in [0, 0.1) is 0 Å². The third-order valence-electron chi connectivity index (χ3n) is 6.26. The number of rotatable bonds is 10. The molecular formula is C21H46O3Si2. The van der Waals surface area contributed by atoms with Crippen molar-refractivity contribution in [1.29, 1.82) is 0 Å². The Hall–Kier alpha value is 0.0238. The molecule has 0 aliphatic rings. The van der Waals surface area contributed by atoms with E-state index in [1.165, 1.54) is 0 Å². The van der Waals surface area contributed by atoms with Crippen LogP contribution < -0.4 is 0 Å². The SMILES string of the molecule is C[C@@H](CCC(=O)CC[C@H](C)O[Si](C)(C)C(C)(C)C)O[Si](C)(C)C(C)(C)C. The summed E-state index contributed by atoms with van der Waals surface area (Å²) in [6, 6.07) is 0. The maximum atomic E-state index is 12.3. The molecule has 0 spiro atoms. The van der Waals surface area contributed by atoms with Crippen LogP contribution in [0.3, 0.4) is 0 Å². The van der Waals surface area contributed by atoms with Crippen LogP contribution in [0.2, 0.25) is 36.3 Å². The van der Waals surface area contributed by atoms with Crippen molar-refractivity contribution in [2.45, 2.75) is 130 Å². The highest BCUT2D eigenvalue weighted by atomic mass is 28.4. The Morgan fingerprint density at radius 1 is 0.731 bits per heavy atom. The summed E-state index contributed by atoms with van der Waals surface area (Å²) in [5.74, 6) is 0.335. The van der Waals surface area contributed by atoms with Crippen molar-refractivity contribution in [2.75, 3.05) is 0 Å². The lowest BCUT2D eigenvalue weighted by Crippen LogP contribution is -2.43. The van der Waals surface area contributed by atoms with Crippen molar-refractivity contribution in [3.63, 3.8) is 0 Å². The van der Waals surface area contributed by atoms with E-state index >= 15 is 0 Å². The number of carbonyl (C=O) groups excluding carboxylic acids is 1. The Kier molecular flexibility index (Phi) is 9.49. The number of carbonyl (C=O) groups is 1. The zero-order valence-corrected chi connectivity index (χ0v) is 21.7. The molecule has 0 aromatic rings. The number of Topliss-reactive ketones (excluding diaryl/α,β-unsaturated/α-hetero) is 1. The van der Waals surface area contributed by atoms with E-state index in [1.807, 2.05) is 0 Å². The molecule has 0 fully saturated rings. The molecule has 26 heavy (non-hydrogen) atoms. The van der Waals surface area contributed by atoms with E-state index in [-0.39, 0.29) is 22.3 Å². The summed E-state index contributed by atoms with van der Waals surface area (Å²) in [5, 5.41) is 0.420. The minimum Gasteiger partial charge on any atom is -0.414 e. The van der Waals surface area contributed by atoms with Gasteiger partial charge in [0.15, 0.2) is 16.6 Å². The number of hydrogen-bond acceptors (Lipinski definition) is 3. The van der Waals surface area contributed by atoms with Gasteiger partial charge in [0, 0.05) is 25.0 Å². The number of ketones is 1. The van der Waals surface area contributed by atoms with E-state index in [1.54, 1.807) is 0 Å². The predicted octanol–water partition coefficient (Wildman–Crippen LogP) is 6.94. The van der Waals surface area contributed by atoms with Crippen molar-refractivity contribution in [3.05, 3.63) is 0 Å². The molecule has 0 aromatic heterocycles. The summed E-state index contributed by atoms with van der Waals surface area (Å²) < 4.78 is 12.7. The second-order valence-corrected chi connectivity index (χ2v) is 20.5. The highest BCUT2D eigenvalue weighted by Gasteiger charge is 2.39. The van der Waals surface area contributed by atoms with Crippen molar-refractivity contribution in [1.82, 2.24) is 0 Å². The summed E-state index contributed by atoms with van der Waals surface area (Å²) in [7, 11) is -3.50. The first-order valence-electron chi connectivity index (χ1n) is 10.3. The fourth-order valence-corrected chi connectivity index (χ4v) is 5.29. The summed E-state index contributed by atoms with van der Waals surface area (Å²) in [4.78, 5) is 12.3. The molecule has 0 aliphatic carbocycles. The summed E-state index contributed by atoms with van der Waals surface area (Å²) in [6.45, 7) is 26.8. The van der Waals surface area contributed by atoms with Crippen molar-refractivity contribution >= 4 is 22.4 Å². The zero-order valence-electron chi connectivity index (χ0n) is 19.7. The fraction of sp³-hybridized carbons (Fsp3) is 0.952. The van der Waals surface area contributed by atoms with Gasteiger partial charge in [-0.2, -0.15) is 0 Å². The molecule has 0 radical (unpaired) electrons. The third-order valence-corrected chi connectivity index (χ3v) is 15.5. The Labute approximate surface area is 165 Å². The van der Waals surface area contributed by atoms with E-state index in [0.717, 1.165) is 12.8 Å².